The first kappa shape index (κ1) is 18.1. The predicted molar refractivity (Wildman–Crippen MR) is 98.8 cm³/mol. The highest BCUT2D eigenvalue weighted by atomic mass is 16.5. The first-order valence-electron chi connectivity index (χ1n) is 8.60. The topological polar surface area (TPSA) is 71.0 Å². The lowest BCUT2D eigenvalue weighted by molar-refractivity contribution is 0.114. The summed E-state index contributed by atoms with van der Waals surface area (Å²) in [7, 11) is 3.25. The molecule has 0 saturated carbocycles. The highest BCUT2D eigenvalue weighted by molar-refractivity contribution is 5.66. The van der Waals surface area contributed by atoms with Gasteiger partial charge < -0.3 is 19.9 Å². The summed E-state index contributed by atoms with van der Waals surface area (Å²) in [6.07, 6.45) is -0.164. The Bertz CT molecular complexity index is 778. The molecule has 3 rings (SSSR count). The Hall–Kier alpha value is -2.73. The maximum Gasteiger partial charge on any atom is 0.407 e. The molecule has 0 aromatic heterocycles. The smallest absolute Gasteiger partial charge is 0.407 e. The van der Waals surface area contributed by atoms with E-state index in [2.05, 4.69) is 11.4 Å². The van der Waals surface area contributed by atoms with Gasteiger partial charge in [0.05, 0.1) is 20.3 Å². The Morgan fingerprint density at radius 2 is 1.96 bits per heavy atom. The minimum atomic E-state index is -0.881. The largest absolute Gasteiger partial charge is 0.497 e. The van der Waals surface area contributed by atoms with E-state index in [-0.39, 0.29) is 6.04 Å². The molecule has 6 nitrogen and oxygen atoms in total. The molecule has 1 aliphatic heterocycles. The Morgan fingerprint density at radius 1 is 1.19 bits per heavy atom. The third-order valence-corrected chi connectivity index (χ3v) is 4.79. The lowest BCUT2D eigenvalue weighted by Crippen LogP contribution is -2.48. The summed E-state index contributed by atoms with van der Waals surface area (Å²) < 4.78 is 10.6. The van der Waals surface area contributed by atoms with Crippen molar-refractivity contribution in [2.24, 2.45) is 0 Å². The predicted octanol–water partition coefficient (Wildman–Crippen LogP) is 2.90. The van der Waals surface area contributed by atoms with E-state index in [1.807, 2.05) is 36.4 Å². The molecule has 1 aliphatic rings. The molecule has 0 spiro atoms. The van der Waals surface area contributed by atoms with Crippen molar-refractivity contribution in [3.8, 4) is 11.5 Å². The molecule has 138 valence electrons. The Labute approximate surface area is 153 Å². The van der Waals surface area contributed by atoms with Gasteiger partial charge in [0.2, 0.25) is 0 Å². The van der Waals surface area contributed by atoms with E-state index in [0.29, 0.717) is 19.6 Å². The number of ether oxygens (including phenoxy) is 2. The van der Waals surface area contributed by atoms with Gasteiger partial charge in [-0.15, -0.1) is 0 Å². The van der Waals surface area contributed by atoms with Crippen LogP contribution in [0.5, 0.6) is 11.5 Å². The highest BCUT2D eigenvalue weighted by Gasteiger charge is 2.29. The summed E-state index contributed by atoms with van der Waals surface area (Å²) in [4.78, 5) is 13.2. The van der Waals surface area contributed by atoms with Gasteiger partial charge in [0, 0.05) is 31.3 Å². The standard InChI is InChI=1S/C20H24N2O4/c1-25-18-8-7-15(19(10-18)26-2)11-21-12-17-9-14-5-3-4-6-16(14)13-22(17)20(23)24/h3-8,10,17,21H,9,11-13H2,1-2H3,(H,23,24). The zero-order chi connectivity index (χ0) is 18.5. The Balaban J connectivity index is 1.66. The van der Waals surface area contributed by atoms with Crippen LogP contribution in [0, 0.1) is 0 Å². The summed E-state index contributed by atoms with van der Waals surface area (Å²) in [5.74, 6) is 1.49. The van der Waals surface area contributed by atoms with Crippen molar-refractivity contribution in [3.05, 3.63) is 59.2 Å². The van der Waals surface area contributed by atoms with E-state index in [1.54, 1.807) is 14.2 Å². The zero-order valence-electron chi connectivity index (χ0n) is 15.1. The van der Waals surface area contributed by atoms with Crippen LogP contribution in [0.2, 0.25) is 0 Å². The molecule has 0 fully saturated rings. The third kappa shape index (κ3) is 3.91. The van der Waals surface area contributed by atoms with Gasteiger partial charge in [-0.25, -0.2) is 4.79 Å². The van der Waals surface area contributed by atoms with E-state index in [0.717, 1.165) is 29.0 Å². The van der Waals surface area contributed by atoms with Crippen LogP contribution in [0.1, 0.15) is 16.7 Å². The molecule has 1 amide bonds. The molecule has 1 unspecified atom stereocenters. The van der Waals surface area contributed by atoms with Crippen LogP contribution >= 0.6 is 0 Å². The van der Waals surface area contributed by atoms with Gasteiger partial charge in [0.1, 0.15) is 11.5 Å². The molecular weight excluding hydrogens is 332 g/mol. The second-order valence-electron chi connectivity index (χ2n) is 6.35. The number of nitrogens with zero attached hydrogens (tertiary/aromatic N) is 1. The van der Waals surface area contributed by atoms with Crippen molar-refractivity contribution >= 4 is 6.09 Å². The van der Waals surface area contributed by atoms with E-state index in [9.17, 15) is 9.90 Å². The molecule has 1 atom stereocenters. The molecule has 2 aromatic carbocycles. The van der Waals surface area contributed by atoms with Gasteiger partial charge in [0.25, 0.3) is 0 Å². The summed E-state index contributed by atoms with van der Waals surface area (Å²) in [6.45, 7) is 1.61. The molecule has 2 aromatic rings. The van der Waals surface area contributed by atoms with Gasteiger partial charge in [-0.05, 0) is 23.6 Å². The monoisotopic (exact) mass is 356 g/mol. The lowest BCUT2D eigenvalue weighted by atomic mass is 9.94. The van der Waals surface area contributed by atoms with E-state index < -0.39 is 6.09 Å². The van der Waals surface area contributed by atoms with Crippen LogP contribution in [0.3, 0.4) is 0 Å². The van der Waals surface area contributed by atoms with Crippen LogP contribution in [0.25, 0.3) is 0 Å². The summed E-state index contributed by atoms with van der Waals surface area (Å²) in [6, 6.07) is 13.6. The highest BCUT2D eigenvalue weighted by Crippen LogP contribution is 2.25. The van der Waals surface area contributed by atoms with E-state index in [1.165, 1.54) is 10.5 Å². The summed E-state index contributed by atoms with van der Waals surface area (Å²) >= 11 is 0. The molecule has 0 bridgehead atoms. The molecular formula is C20H24N2O4. The molecule has 0 aliphatic carbocycles. The third-order valence-electron chi connectivity index (χ3n) is 4.79. The number of nitrogens with one attached hydrogen (secondary N) is 1. The van der Waals surface area contributed by atoms with Crippen LogP contribution in [0.15, 0.2) is 42.5 Å². The van der Waals surface area contributed by atoms with Crippen molar-refractivity contribution in [1.82, 2.24) is 10.2 Å². The normalized spacial score (nSPS) is 16.1. The molecule has 0 saturated heterocycles. The number of rotatable bonds is 6. The van der Waals surface area contributed by atoms with Gasteiger partial charge >= 0.3 is 6.09 Å². The number of benzene rings is 2. The van der Waals surface area contributed by atoms with Crippen LogP contribution < -0.4 is 14.8 Å². The van der Waals surface area contributed by atoms with Gasteiger partial charge in [0.15, 0.2) is 0 Å². The van der Waals surface area contributed by atoms with Crippen molar-refractivity contribution in [1.29, 1.82) is 0 Å². The number of hydrogen-bond donors (Lipinski definition) is 2. The molecule has 1 heterocycles. The number of carbonyl (C=O) groups is 1. The van der Waals surface area contributed by atoms with Crippen LogP contribution in [0.4, 0.5) is 4.79 Å². The zero-order valence-corrected chi connectivity index (χ0v) is 15.1. The van der Waals surface area contributed by atoms with Crippen LogP contribution in [-0.2, 0) is 19.5 Å². The van der Waals surface area contributed by atoms with Crippen LogP contribution in [-0.4, -0.2) is 42.9 Å². The molecule has 2 N–H and O–H groups in total. The van der Waals surface area contributed by atoms with Crippen molar-refractivity contribution in [3.63, 3.8) is 0 Å². The number of methoxy groups -OCH3 is 2. The average molecular weight is 356 g/mol. The second-order valence-corrected chi connectivity index (χ2v) is 6.35. The number of amides is 1. The maximum atomic E-state index is 11.6. The average Bonchev–Trinajstić information content (AvgIpc) is 2.67. The van der Waals surface area contributed by atoms with Crippen molar-refractivity contribution in [2.75, 3.05) is 20.8 Å². The van der Waals surface area contributed by atoms with Gasteiger partial charge in [-0.2, -0.15) is 0 Å². The fourth-order valence-electron chi connectivity index (χ4n) is 3.37. The number of carboxylic acid groups (broad SMARTS) is 1. The lowest BCUT2D eigenvalue weighted by Gasteiger charge is -2.35. The fraction of sp³-hybridized carbons (Fsp3) is 0.350. The van der Waals surface area contributed by atoms with Gasteiger partial charge in [-0.1, -0.05) is 30.3 Å². The first-order chi connectivity index (χ1) is 12.6. The van der Waals surface area contributed by atoms with Crippen molar-refractivity contribution in [2.45, 2.75) is 25.6 Å². The maximum absolute atomic E-state index is 11.6. The minimum absolute atomic E-state index is 0.0911. The Morgan fingerprint density at radius 3 is 2.65 bits per heavy atom. The minimum Gasteiger partial charge on any atom is -0.497 e. The molecule has 6 heteroatoms. The van der Waals surface area contributed by atoms with Crippen molar-refractivity contribution < 1.29 is 19.4 Å². The number of fused-ring (bicyclic) bond motifs is 1. The van der Waals surface area contributed by atoms with E-state index in [4.69, 9.17) is 9.47 Å². The summed E-state index contributed by atoms with van der Waals surface area (Å²) in [5, 5.41) is 12.9. The second kappa shape index (κ2) is 8.10. The van der Waals surface area contributed by atoms with E-state index >= 15 is 0 Å². The Kier molecular flexibility index (Phi) is 5.63. The first-order valence-corrected chi connectivity index (χ1v) is 8.60. The number of hydrogen-bond acceptors (Lipinski definition) is 4. The van der Waals surface area contributed by atoms with Gasteiger partial charge in [-0.3, -0.25) is 4.90 Å². The molecule has 0 radical (unpaired) electrons. The summed E-state index contributed by atoms with van der Waals surface area (Å²) in [5.41, 5.74) is 3.31. The quantitative estimate of drug-likeness (QED) is 0.833. The fourth-order valence-corrected chi connectivity index (χ4v) is 3.37. The SMILES string of the molecule is COc1ccc(CNCC2Cc3ccccc3CN2C(=O)O)c(OC)c1. The molecule has 26 heavy (non-hydrogen) atoms.